The topological polar surface area (TPSA) is 75.8 Å². The molecule has 0 bridgehead atoms. The van der Waals surface area contributed by atoms with Crippen molar-refractivity contribution in [3.8, 4) is 11.6 Å². The molecule has 3 aromatic rings. The zero-order valence-electron chi connectivity index (χ0n) is 11.9. The van der Waals surface area contributed by atoms with Gasteiger partial charge >= 0.3 is 5.69 Å². The van der Waals surface area contributed by atoms with Crippen molar-refractivity contribution in [2.45, 2.75) is 17.9 Å². The molecule has 22 heavy (non-hydrogen) atoms. The molecule has 0 radical (unpaired) electrons. The Morgan fingerprint density at radius 2 is 2.09 bits per heavy atom. The van der Waals surface area contributed by atoms with Gasteiger partial charge < -0.3 is 10.1 Å². The summed E-state index contributed by atoms with van der Waals surface area (Å²) in [6.07, 6.45) is 4.07. The van der Waals surface area contributed by atoms with Crippen LogP contribution in [0.1, 0.15) is 17.1 Å². The summed E-state index contributed by atoms with van der Waals surface area (Å²) in [5, 5.41) is 10.5. The van der Waals surface area contributed by atoms with Crippen LogP contribution in [-0.2, 0) is 13.0 Å². The number of hydrogen-bond acceptors (Lipinski definition) is 4. The monoisotopic (exact) mass is 314 g/mol. The maximum atomic E-state index is 12.6. The van der Waals surface area contributed by atoms with Gasteiger partial charge in [-0.25, -0.2) is 14.3 Å². The fraction of sp³-hybridized carbons (Fsp3) is 0.200. The van der Waals surface area contributed by atoms with Gasteiger partial charge in [0.2, 0.25) is 5.88 Å². The number of imidazole rings is 2. The van der Waals surface area contributed by atoms with Gasteiger partial charge in [0.15, 0.2) is 0 Å². The molecular formula is C15H14N4O2S. The van der Waals surface area contributed by atoms with Crippen LogP contribution in [0.2, 0.25) is 0 Å². The summed E-state index contributed by atoms with van der Waals surface area (Å²) in [5.74, 6) is -0.00412. The molecule has 0 aliphatic carbocycles. The van der Waals surface area contributed by atoms with Gasteiger partial charge in [-0.15, -0.1) is 11.8 Å². The molecule has 6 nitrogen and oxygen atoms in total. The maximum Gasteiger partial charge on any atom is 0.336 e. The number of H-pyrrole nitrogens is 1. The summed E-state index contributed by atoms with van der Waals surface area (Å²) in [7, 11) is 0. The Morgan fingerprint density at radius 1 is 1.32 bits per heavy atom. The van der Waals surface area contributed by atoms with Crippen LogP contribution in [0.25, 0.3) is 5.69 Å². The van der Waals surface area contributed by atoms with Crippen molar-refractivity contribution < 1.29 is 5.11 Å². The average Bonchev–Trinajstić information content (AvgIpc) is 3.09. The lowest BCUT2D eigenvalue weighted by Crippen LogP contribution is -2.27. The van der Waals surface area contributed by atoms with Gasteiger partial charge in [0.1, 0.15) is 0 Å². The molecule has 2 N–H and O–H groups in total. The Labute approximate surface area is 130 Å². The molecule has 0 fully saturated rings. The summed E-state index contributed by atoms with van der Waals surface area (Å²) < 4.78 is 2.95. The number of rotatable bonds is 2. The van der Waals surface area contributed by atoms with Crippen molar-refractivity contribution in [1.82, 2.24) is 19.1 Å². The van der Waals surface area contributed by atoms with Gasteiger partial charge in [-0.3, -0.25) is 4.57 Å². The molecule has 1 aliphatic rings. The lowest BCUT2D eigenvalue weighted by Gasteiger charge is -2.12. The van der Waals surface area contributed by atoms with E-state index in [0.717, 1.165) is 16.3 Å². The fourth-order valence-corrected chi connectivity index (χ4v) is 3.24. The number of aromatic nitrogens is 4. The highest BCUT2D eigenvalue weighted by Crippen LogP contribution is 2.28. The van der Waals surface area contributed by atoms with E-state index < -0.39 is 0 Å². The van der Waals surface area contributed by atoms with Crippen molar-refractivity contribution in [2.75, 3.05) is 6.26 Å². The standard InChI is InChI=1S/C15H14N4O2S/c1-22-10-4-2-9(3-5-10)19-14(20)13-6-11-12(17-8-16-11)7-18(13)15(19)21/h2-5,8,20H,6-7H2,1H3,(H,16,17). The smallest absolute Gasteiger partial charge is 0.336 e. The van der Waals surface area contributed by atoms with E-state index >= 15 is 0 Å². The van der Waals surface area contributed by atoms with E-state index in [2.05, 4.69) is 9.97 Å². The molecule has 1 aliphatic heterocycles. The molecule has 3 heterocycles. The van der Waals surface area contributed by atoms with Crippen LogP contribution < -0.4 is 5.69 Å². The van der Waals surface area contributed by atoms with Crippen molar-refractivity contribution >= 4 is 11.8 Å². The van der Waals surface area contributed by atoms with Crippen molar-refractivity contribution in [3.05, 3.63) is 58.2 Å². The second-order valence-corrected chi connectivity index (χ2v) is 6.06. The van der Waals surface area contributed by atoms with E-state index in [1.54, 1.807) is 22.7 Å². The average molecular weight is 314 g/mol. The van der Waals surface area contributed by atoms with Crippen LogP contribution in [0, 0.1) is 0 Å². The van der Waals surface area contributed by atoms with Crippen molar-refractivity contribution in [3.63, 3.8) is 0 Å². The minimum Gasteiger partial charge on any atom is -0.493 e. The van der Waals surface area contributed by atoms with Gasteiger partial charge in [0.25, 0.3) is 0 Å². The van der Waals surface area contributed by atoms with Gasteiger partial charge in [-0.2, -0.15) is 0 Å². The Balaban J connectivity index is 1.85. The molecule has 0 atom stereocenters. The molecule has 1 aromatic carbocycles. The summed E-state index contributed by atoms with van der Waals surface area (Å²) in [6, 6.07) is 7.56. The first-order chi connectivity index (χ1) is 10.7. The molecule has 0 amide bonds. The Morgan fingerprint density at radius 3 is 2.82 bits per heavy atom. The first-order valence-electron chi connectivity index (χ1n) is 6.88. The van der Waals surface area contributed by atoms with E-state index in [0.29, 0.717) is 24.3 Å². The molecule has 0 saturated carbocycles. The molecule has 4 rings (SSSR count). The number of nitrogens with one attached hydrogen (secondary N) is 1. The minimum atomic E-state index is -0.232. The first-order valence-corrected chi connectivity index (χ1v) is 8.10. The summed E-state index contributed by atoms with van der Waals surface area (Å²) in [5.41, 5.74) is 2.84. The lowest BCUT2D eigenvalue weighted by atomic mass is 10.1. The fourth-order valence-electron chi connectivity index (χ4n) is 2.83. The zero-order valence-corrected chi connectivity index (χ0v) is 12.7. The highest BCUT2D eigenvalue weighted by Gasteiger charge is 2.26. The SMILES string of the molecule is CSc1ccc(-n2c(O)c3n(c2=O)Cc2[nH]cnc2C3)cc1. The molecule has 0 spiro atoms. The zero-order chi connectivity index (χ0) is 15.3. The third kappa shape index (κ3) is 1.82. The van der Waals surface area contributed by atoms with Crippen LogP contribution >= 0.6 is 11.8 Å². The van der Waals surface area contributed by atoms with Gasteiger partial charge in [-0.1, -0.05) is 0 Å². The molecule has 0 unspecified atom stereocenters. The predicted octanol–water partition coefficient (Wildman–Crippen LogP) is 1.74. The summed E-state index contributed by atoms with van der Waals surface area (Å²) in [4.78, 5) is 21.0. The Kier molecular flexibility index (Phi) is 2.90. The number of nitrogens with zero attached hydrogens (tertiary/aromatic N) is 3. The van der Waals surface area contributed by atoms with E-state index in [1.807, 2.05) is 30.5 Å². The number of aromatic hydroxyl groups is 1. The van der Waals surface area contributed by atoms with Gasteiger partial charge in [0, 0.05) is 11.3 Å². The second kappa shape index (κ2) is 4.81. The molecule has 7 heteroatoms. The normalized spacial score (nSPS) is 13.0. The first kappa shape index (κ1) is 13.3. The highest BCUT2D eigenvalue weighted by atomic mass is 32.2. The van der Waals surface area contributed by atoms with E-state index in [-0.39, 0.29) is 11.6 Å². The number of benzene rings is 1. The van der Waals surface area contributed by atoms with Gasteiger partial charge in [0.05, 0.1) is 35.6 Å². The number of thioether (sulfide) groups is 1. The van der Waals surface area contributed by atoms with Crippen LogP contribution in [0.3, 0.4) is 0 Å². The highest BCUT2D eigenvalue weighted by molar-refractivity contribution is 7.98. The quantitative estimate of drug-likeness (QED) is 0.553. The van der Waals surface area contributed by atoms with Gasteiger partial charge in [-0.05, 0) is 30.5 Å². The third-order valence-electron chi connectivity index (χ3n) is 4.01. The summed E-state index contributed by atoms with van der Waals surface area (Å²) in [6.45, 7) is 0.410. The number of hydrogen-bond donors (Lipinski definition) is 2. The third-order valence-corrected chi connectivity index (χ3v) is 4.75. The molecular weight excluding hydrogens is 300 g/mol. The van der Waals surface area contributed by atoms with Crippen molar-refractivity contribution in [2.24, 2.45) is 0 Å². The van der Waals surface area contributed by atoms with Crippen molar-refractivity contribution in [1.29, 1.82) is 0 Å². The van der Waals surface area contributed by atoms with E-state index in [4.69, 9.17) is 0 Å². The molecule has 0 saturated heterocycles. The lowest BCUT2D eigenvalue weighted by molar-refractivity contribution is 0.434. The van der Waals surface area contributed by atoms with Crippen LogP contribution in [0.5, 0.6) is 5.88 Å². The van der Waals surface area contributed by atoms with Crippen LogP contribution in [-0.4, -0.2) is 30.5 Å². The predicted molar refractivity (Wildman–Crippen MR) is 84.0 cm³/mol. The second-order valence-electron chi connectivity index (χ2n) is 5.18. The van der Waals surface area contributed by atoms with E-state index in [9.17, 15) is 9.90 Å². The van der Waals surface area contributed by atoms with E-state index in [1.165, 1.54) is 4.57 Å². The molecule has 112 valence electrons. The summed E-state index contributed by atoms with van der Waals surface area (Å²) >= 11 is 1.63. The number of aromatic amines is 1. The Hall–Kier alpha value is -2.41. The minimum absolute atomic E-state index is 0.00412. The molecule has 2 aromatic heterocycles. The Bertz CT molecular complexity index is 905. The van der Waals surface area contributed by atoms with Crippen LogP contribution in [0.15, 0.2) is 40.3 Å². The maximum absolute atomic E-state index is 12.6. The van der Waals surface area contributed by atoms with Crippen LogP contribution in [0.4, 0.5) is 0 Å². The largest absolute Gasteiger partial charge is 0.493 e. The number of fused-ring (bicyclic) bond motifs is 2.